The Bertz CT molecular complexity index is 677. The summed E-state index contributed by atoms with van der Waals surface area (Å²) in [5.41, 5.74) is 3.20. The van der Waals surface area contributed by atoms with Gasteiger partial charge >= 0.3 is 11.9 Å². The Labute approximate surface area is 112 Å². The Morgan fingerprint density at radius 3 is 2.85 bits per heavy atom. The highest BCUT2D eigenvalue weighted by Gasteiger charge is 2.10. The number of hydrogen-bond donors (Lipinski definition) is 2. The Kier molecular flexibility index (Phi) is 3.75. The quantitative estimate of drug-likeness (QED) is 0.491. The van der Waals surface area contributed by atoms with Crippen molar-refractivity contribution in [3.63, 3.8) is 0 Å². The minimum atomic E-state index is -1.04. The maximum absolute atomic E-state index is 10.8. The van der Waals surface area contributed by atoms with Gasteiger partial charge in [-0.05, 0) is 24.3 Å². The van der Waals surface area contributed by atoms with Crippen molar-refractivity contribution >= 4 is 23.8 Å². The highest BCUT2D eigenvalue weighted by Crippen LogP contribution is 2.14. The summed E-state index contributed by atoms with van der Waals surface area (Å²) in [6, 6.07) is 8.67. The number of nitrogens with one attached hydrogen (secondary N) is 1. The number of aromatic carboxylic acids is 1. The molecule has 0 amide bonds. The first-order valence-corrected chi connectivity index (χ1v) is 5.43. The van der Waals surface area contributed by atoms with Gasteiger partial charge in [-0.3, -0.25) is 15.5 Å². The molecule has 1 heterocycles. The van der Waals surface area contributed by atoms with Crippen molar-refractivity contribution < 1.29 is 19.2 Å². The second kappa shape index (κ2) is 5.65. The van der Waals surface area contributed by atoms with E-state index >= 15 is 0 Å². The van der Waals surface area contributed by atoms with Gasteiger partial charge in [-0.25, -0.2) is 4.79 Å². The number of nitrogens with zero attached hydrogens (tertiary/aromatic N) is 2. The average Bonchev–Trinajstić information content (AvgIpc) is 2.88. The van der Waals surface area contributed by atoms with Gasteiger partial charge in [-0.2, -0.15) is 5.10 Å². The molecule has 2 aromatic rings. The summed E-state index contributed by atoms with van der Waals surface area (Å²) in [5, 5.41) is 23.0. The van der Waals surface area contributed by atoms with Gasteiger partial charge in [-0.15, -0.1) is 0 Å². The molecule has 102 valence electrons. The molecule has 0 unspecified atom stereocenters. The summed E-state index contributed by atoms with van der Waals surface area (Å²) in [6.45, 7) is 0. The van der Waals surface area contributed by atoms with Gasteiger partial charge in [0.1, 0.15) is 4.92 Å². The zero-order valence-electron chi connectivity index (χ0n) is 10.0. The average molecular weight is 275 g/mol. The molecular formula is C12H9N3O5. The summed E-state index contributed by atoms with van der Waals surface area (Å²) in [5.74, 6) is -1.21. The van der Waals surface area contributed by atoms with Crippen molar-refractivity contribution in [2.24, 2.45) is 5.10 Å². The molecular weight excluding hydrogens is 266 g/mol. The molecule has 0 bridgehead atoms. The number of benzene rings is 1. The molecule has 20 heavy (non-hydrogen) atoms. The molecule has 0 radical (unpaired) electrons. The second-order valence-corrected chi connectivity index (χ2v) is 3.69. The number of nitro groups is 1. The third-order valence-electron chi connectivity index (χ3n) is 2.29. The molecule has 0 fully saturated rings. The van der Waals surface area contributed by atoms with Crippen molar-refractivity contribution in [2.75, 3.05) is 5.43 Å². The van der Waals surface area contributed by atoms with Crippen LogP contribution in [-0.2, 0) is 0 Å². The van der Waals surface area contributed by atoms with Crippen LogP contribution in [0.1, 0.15) is 16.1 Å². The van der Waals surface area contributed by atoms with Crippen LogP contribution in [0.3, 0.4) is 0 Å². The van der Waals surface area contributed by atoms with Crippen molar-refractivity contribution in [1.29, 1.82) is 0 Å². The van der Waals surface area contributed by atoms with E-state index in [1.807, 2.05) is 0 Å². The van der Waals surface area contributed by atoms with Gasteiger partial charge in [0.15, 0.2) is 5.76 Å². The van der Waals surface area contributed by atoms with E-state index in [9.17, 15) is 14.9 Å². The maximum Gasteiger partial charge on any atom is 0.433 e. The summed E-state index contributed by atoms with van der Waals surface area (Å²) >= 11 is 0. The predicted octanol–water partition coefficient (Wildman–Crippen LogP) is 2.33. The lowest BCUT2D eigenvalue weighted by Crippen LogP contribution is -1.97. The van der Waals surface area contributed by atoms with E-state index in [1.165, 1.54) is 30.5 Å². The fourth-order valence-corrected chi connectivity index (χ4v) is 1.40. The minimum Gasteiger partial charge on any atom is -0.478 e. The molecule has 0 aliphatic heterocycles. The summed E-state index contributed by atoms with van der Waals surface area (Å²) < 4.78 is 4.86. The van der Waals surface area contributed by atoms with E-state index < -0.39 is 10.9 Å². The van der Waals surface area contributed by atoms with E-state index in [1.54, 1.807) is 12.1 Å². The SMILES string of the molecule is O=C(O)c1cccc(NN=Cc2ccc([N+](=O)[O-])o2)c1. The van der Waals surface area contributed by atoms with E-state index in [2.05, 4.69) is 10.5 Å². The highest BCUT2D eigenvalue weighted by molar-refractivity contribution is 5.88. The van der Waals surface area contributed by atoms with Crippen LogP contribution in [0.2, 0.25) is 0 Å². The molecule has 1 aromatic heterocycles. The molecule has 2 rings (SSSR count). The number of hydrazone groups is 1. The Balaban J connectivity index is 2.04. The summed E-state index contributed by atoms with van der Waals surface area (Å²) in [7, 11) is 0. The van der Waals surface area contributed by atoms with Crippen LogP contribution in [0.25, 0.3) is 0 Å². The highest BCUT2D eigenvalue weighted by atomic mass is 16.6. The number of carboxylic acids is 1. The lowest BCUT2D eigenvalue weighted by atomic mass is 10.2. The van der Waals surface area contributed by atoms with Gasteiger partial charge in [0.05, 0.1) is 23.5 Å². The Morgan fingerprint density at radius 1 is 1.40 bits per heavy atom. The van der Waals surface area contributed by atoms with E-state index in [0.29, 0.717) is 5.69 Å². The fourth-order valence-electron chi connectivity index (χ4n) is 1.40. The third kappa shape index (κ3) is 3.19. The fraction of sp³-hybridized carbons (Fsp3) is 0. The van der Waals surface area contributed by atoms with Crippen LogP contribution in [-0.4, -0.2) is 22.2 Å². The molecule has 0 saturated heterocycles. The normalized spacial score (nSPS) is 10.6. The monoisotopic (exact) mass is 275 g/mol. The summed E-state index contributed by atoms with van der Waals surface area (Å²) in [6.07, 6.45) is 1.25. The number of carboxylic acid groups (broad SMARTS) is 1. The molecule has 8 heteroatoms. The van der Waals surface area contributed by atoms with Gasteiger partial charge in [-0.1, -0.05) is 6.07 Å². The zero-order valence-corrected chi connectivity index (χ0v) is 10.0. The zero-order chi connectivity index (χ0) is 14.5. The predicted molar refractivity (Wildman–Crippen MR) is 70.0 cm³/mol. The van der Waals surface area contributed by atoms with Crippen molar-refractivity contribution in [3.05, 3.63) is 57.8 Å². The standard InChI is InChI=1S/C12H9N3O5/c16-12(17)8-2-1-3-9(6-8)14-13-7-10-4-5-11(20-10)15(18)19/h1-7,14H,(H,16,17). The van der Waals surface area contributed by atoms with E-state index in [4.69, 9.17) is 9.52 Å². The van der Waals surface area contributed by atoms with Gasteiger partial charge in [0, 0.05) is 0 Å². The molecule has 0 aliphatic carbocycles. The minimum absolute atomic E-state index is 0.124. The molecule has 0 saturated carbocycles. The molecule has 1 aromatic carbocycles. The van der Waals surface area contributed by atoms with Crippen LogP contribution < -0.4 is 5.43 Å². The van der Waals surface area contributed by atoms with Crippen LogP contribution in [0.4, 0.5) is 11.6 Å². The first-order chi connectivity index (χ1) is 9.56. The van der Waals surface area contributed by atoms with Crippen molar-refractivity contribution in [3.8, 4) is 0 Å². The molecule has 0 atom stereocenters. The Morgan fingerprint density at radius 2 is 2.20 bits per heavy atom. The number of anilines is 1. The van der Waals surface area contributed by atoms with Gasteiger partial charge < -0.3 is 9.52 Å². The number of hydrogen-bond acceptors (Lipinski definition) is 6. The van der Waals surface area contributed by atoms with Gasteiger partial charge in [0.25, 0.3) is 0 Å². The van der Waals surface area contributed by atoms with Crippen LogP contribution in [0, 0.1) is 10.1 Å². The Hall–Kier alpha value is -3.16. The first-order valence-electron chi connectivity index (χ1n) is 5.43. The first kappa shape index (κ1) is 13.3. The topological polar surface area (TPSA) is 118 Å². The molecule has 8 nitrogen and oxygen atoms in total. The third-order valence-corrected chi connectivity index (χ3v) is 2.29. The number of rotatable bonds is 5. The number of carbonyl (C=O) groups is 1. The lowest BCUT2D eigenvalue weighted by molar-refractivity contribution is -0.402. The van der Waals surface area contributed by atoms with E-state index in [0.717, 1.165) is 0 Å². The second-order valence-electron chi connectivity index (χ2n) is 3.69. The number of furan rings is 1. The molecule has 0 aliphatic rings. The maximum atomic E-state index is 10.8. The van der Waals surface area contributed by atoms with Crippen LogP contribution in [0.15, 0.2) is 45.9 Å². The smallest absolute Gasteiger partial charge is 0.433 e. The largest absolute Gasteiger partial charge is 0.478 e. The molecule has 2 N–H and O–H groups in total. The molecule has 0 spiro atoms. The van der Waals surface area contributed by atoms with Crippen molar-refractivity contribution in [2.45, 2.75) is 0 Å². The van der Waals surface area contributed by atoms with Crippen LogP contribution in [0.5, 0.6) is 0 Å². The summed E-state index contributed by atoms with van der Waals surface area (Å²) in [4.78, 5) is 20.5. The van der Waals surface area contributed by atoms with Crippen molar-refractivity contribution in [1.82, 2.24) is 0 Å². The van der Waals surface area contributed by atoms with Crippen LogP contribution >= 0.6 is 0 Å². The van der Waals surface area contributed by atoms with Gasteiger partial charge in [0.2, 0.25) is 0 Å². The lowest BCUT2D eigenvalue weighted by Gasteiger charge is -2.00. The van der Waals surface area contributed by atoms with E-state index in [-0.39, 0.29) is 17.2 Å².